The molecule has 0 aromatic carbocycles. The van der Waals surface area contributed by atoms with Gasteiger partial charge in [0.25, 0.3) is 0 Å². The van der Waals surface area contributed by atoms with E-state index in [1.807, 2.05) is 0 Å². The topological polar surface area (TPSA) is 0 Å². The second kappa shape index (κ2) is 5.26. The Morgan fingerprint density at radius 2 is 2.15 bits per heavy atom. The van der Waals surface area contributed by atoms with E-state index in [9.17, 15) is 0 Å². The molecule has 74 valence electrons. The molecule has 0 aromatic heterocycles. The molecular formula is C13H22. The van der Waals surface area contributed by atoms with Crippen molar-refractivity contribution in [3.8, 4) is 0 Å². The standard InChI is InChI=1S/C13H22/c1-4-5-6-7-12(3)13-9-8-11(2)10-13/h8-9,11,13H,3-7,10H2,1-2H3. The van der Waals surface area contributed by atoms with Gasteiger partial charge < -0.3 is 0 Å². The summed E-state index contributed by atoms with van der Waals surface area (Å²) in [6.45, 7) is 8.73. The summed E-state index contributed by atoms with van der Waals surface area (Å²) in [4.78, 5) is 0. The number of hydrogen-bond donors (Lipinski definition) is 0. The third-order valence-electron chi connectivity index (χ3n) is 2.92. The van der Waals surface area contributed by atoms with E-state index in [4.69, 9.17) is 0 Å². The molecule has 13 heavy (non-hydrogen) atoms. The summed E-state index contributed by atoms with van der Waals surface area (Å²) < 4.78 is 0. The van der Waals surface area contributed by atoms with Gasteiger partial charge in [0.2, 0.25) is 0 Å². The van der Waals surface area contributed by atoms with Gasteiger partial charge in [0.15, 0.2) is 0 Å². The summed E-state index contributed by atoms with van der Waals surface area (Å²) in [5, 5.41) is 0. The molecule has 0 saturated carbocycles. The van der Waals surface area contributed by atoms with Crippen LogP contribution in [0.15, 0.2) is 24.3 Å². The quantitative estimate of drug-likeness (QED) is 0.434. The number of unbranched alkanes of at least 4 members (excludes halogenated alkanes) is 2. The van der Waals surface area contributed by atoms with Crippen LogP contribution in [-0.2, 0) is 0 Å². The molecule has 1 aliphatic rings. The van der Waals surface area contributed by atoms with Gasteiger partial charge in [-0.25, -0.2) is 0 Å². The fourth-order valence-corrected chi connectivity index (χ4v) is 1.97. The minimum Gasteiger partial charge on any atom is -0.0993 e. The summed E-state index contributed by atoms with van der Waals surface area (Å²) >= 11 is 0. The normalized spacial score (nSPS) is 26.6. The molecule has 0 nitrogen and oxygen atoms in total. The van der Waals surface area contributed by atoms with E-state index in [2.05, 4.69) is 32.6 Å². The van der Waals surface area contributed by atoms with Crippen LogP contribution in [0.1, 0.15) is 46.0 Å². The average molecular weight is 178 g/mol. The number of hydrogen-bond acceptors (Lipinski definition) is 0. The maximum Gasteiger partial charge on any atom is -0.00204 e. The van der Waals surface area contributed by atoms with Crippen LogP contribution >= 0.6 is 0 Å². The Labute approximate surface area is 82.7 Å². The summed E-state index contributed by atoms with van der Waals surface area (Å²) in [6, 6.07) is 0. The molecule has 0 aliphatic heterocycles. The van der Waals surface area contributed by atoms with Crippen LogP contribution in [0.3, 0.4) is 0 Å². The zero-order valence-electron chi connectivity index (χ0n) is 9.05. The van der Waals surface area contributed by atoms with Crippen molar-refractivity contribution in [2.75, 3.05) is 0 Å². The minimum atomic E-state index is 0.687. The molecule has 0 radical (unpaired) electrons. The summed E-state index contributed by atoms with van der Waals surface area (Å²) in [7, 11) is 0. The molecule has 0 fully saturated rings. The Bertz CT molecular complexity index is 188. The van der Waals surface area contributed by atoms with Gasteiger partial charge in [-0.1, -0.05) is 51.0 Å². The molecule has 1 rings (SSSR count). The van der Waals surface area contributed by atoms with Crippen LogP contribution in [0.2, 0.25) is 0 Å². The van der Waals surface area contributed by atoms with E-state index in [0.29, 0.717) is 5.92 Å². The number of allylic oxidation sites excluding steroid dienone is 3. The molecule has 2 atom stereocenters. The molecular weight excluding hydrogens is 156 g/mol. The Balaban J connectivity index is 2.21. The fraction of sp³-hybridized carbons (Fsp3) is 0.692. The van der Waals surface area contributed by atoms with Crippen LogP contribution in [0, 0.1) is 11.8 Å². The molecule has 0 saturated heterocycles. The lowest BCUT2D eigenvalue weighted by molar-refractivity contribution is 0.579. The minimum absolute atomic E-state index is 0.687. The molecule has 0 heterocycles. The van der Waals surface area contributed by atoms with Crippen LogP contribution in [0.5, 0.6) is 0 Å². The second-order valence-corrected chi connectivity index (χ2v) is 4.32. The van der Waals surface area contributed by atoms with Crippen molar-refractivity contribution in [2.24, 2.45) is 11.8 Å². The Hall–Kier alpha value is -0.520. The first-order valence-corrected chi connectivity index (χ1v) is 5.60. The molecule has 0 amide bonds. The molecule has 0 heteroatoms. The van der Waals surface area contributed by atoms with Gasteiger partial charge in [-0.15, -0.1) is 0 Å². The van der Waals surface area contributed by atoms with Gasteiger partial charge in [0, 0.05) is 0 Å². The summed E-state index contributed by atoms with van der Waals surface area (Å²) in [5.74, 6) is 1.46. The molecule has 0 spiro atoms. The highest BCUT2D eigenvalue weighted by molar-refractivity contribution is 5.15. The largest absolute Gasteiger partial charge is 0.0993 e. The van der Waals surface area contributed by atoms with Crippen molar-refractivity contribution >= 4 is 0 Å². The van der Waals surface area contributed by atoms with E-state index in [1.54, 1.807) is 0 Å². The SMILES string of the molecule is C=C(CCCCC)C1C=CC(C)C1. The lowest BCUT2D eigenvalue weighted by Crippen LogP contribution is -1.98. The van der Waals surface area contributed by atoms with Crippen LogP contribution in [-0.4, -0.2) is 0 Å². The van der Waals surface area contributed by atoms with E-state index in [-0.39, 0.29) is 0 Å². The second-order valence-electron chi connectivity index (χ2n) is 4.32. The Kier molecular flexibility index (Phi) is 4.27. The molecule has 0 N–H and O–H groups in total. The van der Waals surface area contributed by atoms with Gasteiger partial charge in [0.05, 0.1) is 0 Å². The first-order valence-electron chi connectivity index (χ1n) is 5.60. The summed E-state index contributed by atoms with van der Waals surface area (Å²) in [5.41, 5.74) is 1.45. The first kappa shape index (κ1) is 10.6. The van der Waals surface area contributed by atoms with E-state index in [1.165, 1.54) is 37.7 Å². The predicted octanol–water partition coefficient (Wildman–Crippen LogP) is 4.34. The van der Waals surface area contributed by atoms with Gasteiger partial charge in [0.1, 0.15) is 0 Å². The van der Waals surface area contributed by atoms with Gasteiger partial charge in [-0.3, -0.25) is 0 Å². The van der Waals surface area contributed by atoms with E-state index in [0.717, 1.165) is 5.92 Å². The molecule has 2 unspecified atom stereocenters. The van der Waals surface area contributed by atoms with Gasteiger partial charge >= 0.3 is 0 Å². The maximum absolute atomic E-state index is 4.19. The van der Waals surface area contributed by atoms with Crippen molar-refractivity contribution in [3.63, 3.8) is 0 Å². The highest BCUT2D eigenvalue weighted by Crippen LogP contribution is 2.30. The van der Waals surface area contributed by atoms with Crippen LogP contribution < -0.4 is 0 Å². The molecule has 0 aromatic rings. The number of rotatable bonds is 5. The molecule has 1 aliphatic carbocycles. The Morgan fingerprint density at radius 1 is 1.38 bits per heavy atom. The van der Waals surface area contributed by atoms with Gasteiger partial charge in [-0.2, -0.15) is 0 Å². The lowest BCUT2D eigenvalue weighted by atomic mass is 9.93. The maximum atomic E-state index is 4.19. The van der Waals surface area contributed by atoms with Crippen molar-refractivity contribution in [1.29, 1.82) is 0 Å². The third kappa shape index (κ3) is 3.38. The molecule has 0 bridgehead atoms. The van der Waals surface area contributed by atoms with Crippen LogP contribution in [0.4, 0.5) is 0 Å². The Morgan fingerprint density at radius 3 is 2.69 bits per heavy atom. The van der Waals surface area contributed by atoms with E-state index >= 15 is 0 Å². The summed E-state index contributed by atoms with van der Waals surface area (Å²) in [6.07, 6.45) is 11.2. The zero-order chi connectivity index (χ0) is 9.68. The third-order valence-corrected chi connectivity index (χ3v) is 2.92. The van der Waals surface area contributed by atoms with Crippen molar-refractivity contribution < 1.29 is 0 Å². The first-order chi connectivity index (χ1) is 6.24. The monoisotopic (exact) mass is 178 g/mol. The van der Waals surface area contributed by atoms with Gasteiger partial charge in [-0.05, 0) is 31.1 Å². The smallest absolute Gasteiger partial charge is 0.00204 e. The lowest BCUT2D eigenvalue weighted by Gasteiger charge is -2.12. The fourth-order valence-electron chi connectivity index (χ4n) is 1.97. The predicted molar refractivity (Wildman–Crippen MR) is 59.7 cm³/mol. The van der Waals surface area contributed by atoms with E-state index < -0.39 is 0 Å². The average Bonchev–Trinajstić information content (AvgIpc) is 2.52. The van der Waals surface area contributed by atoms with Crippen molar-refractivity contribution in [3.05, 3.63) is 24.3 Å². The highest BCUT2D eigenvalue weighted by atomic mass is 14.2. The zero-order valence-corrected chi connectivity index (χ0v) is 9.05. The highest BCUT2D eigenvalue weighted by Gasteiger charge is 2.16. The van der Waals surface area contributed by atoms with Crippen molar-refractivity contribution in [2.45, 2.75) is 46.0 Å². The van der Waals surface area contributed by atoms with Crippen molar-refractivity contribution in [1.82, 2.24) is 0 Å². The van der Waals surface area contributed by atoms with Crippen LogP contribution in [0.25, 0.3) is 0 Å².